The molecule has 2 aliphatic heterocycles. The molecule has 0 radical (unpaired) electrons. The van der Waals surface area contributed by atoms with E-state index in [9.17, 15) is 9.59 Å². The second-order valence-electron chi connectivity index (χ2n) is 7.98. The summed E-state index contributed by atoms with van der Waals surface area (Å²) in [5, 5.41) is 10.7. The number of rotatable bonds is 3. The summed E-state index contributed by atoms with van der Waals surface area (Å²) in [7, 11) is 0. The molecule has 1 saturated carbocycles. The van der Waals surface area contributed by atoms with Crippen LogP contribution < -0.4 is 10.6 Å². The highest BCUT2D eigenvalue weighted by Crippen LogP contribution is 2.49. The molecule has 27 heavy (non-hydrogen) atoms. The summed E-state index contributed by atoms with van der Waals surface area (Å²) in [6, 6.07) is 9.64. The van der Waals surface area contributed by atoms with Gasteiger partial charge < -0.3 is 15.5 Å². The number of benzene rings is 1. The summed E-state index contributed by atoms with van der Waals surface area (Å²) in [6.45, 7) is 1.84. The Morgan fingerprint density at radius 3 is 2.48 bits per heavy atom. The van der Waals surface area contributed by atoms with Gasteiger partial charge in [0.15, 0.2) is 0 Å². The van der Waals surface area contributed by atoms with Crippen LogP contribution in [-0.2, 0) is 16.1 Å². The minimum Gasteiger partial charge on any atom is -0.369 e. The molecule has 5 rings (SSSR count). The first-order valence-corrected chi connectivity index (χ1v) is 9.56. The van der Waals surface area contributed by atoms with E-state index in [2.05, 4.69) is 15.7 Å². The van der Waals surface area contributed by atoms with Crippen molar-refractivity contribution >= 4 is 23.2 Å². The van der Waals surface area contributed by atoms with Crippen molar-refractivity contribution in [3.63, 3.8) is 0 Å². The maximum Gasteiger partial charge on any atom is 0.250 e. The summed E-state index contributed by atoms with van der Waals surface area (Å²) in [4.78, 5) is 27.8. The van der Waals surface area contributed by atoms with Crippen LogP contribution in [-0.4, -0.2) is 45.1 Å². The largest absolute Gasteiger partial charge is 0.369 e. The van der Waals surface area contributed by atoms with E-state index in [0.717, 1.165) is 24.2 Å². The van der Waals surface area contributed by atoms with Crippen LogP contribution in [0.25, 0.3) is 0 Å². The number of piperidine rings is 1. The lowest BCUT2D eigenvalue weighted by Crippen LogP contribution is -2.59. The van der Waals surface area contributed by atoms with Crippen molar-refractivity contribution in [2.24, 2.45) is 5.41 Å². The predicted molar refractivity (Wildman–Crippen MR) is 101 cm³/mol. The van der Waals surface area contributed by atoms with E-state index in [1.165, 1.54) is 0 Å². The first kappa shape index (κ1) is 16.4. The number of anilines is 2. The van der Waals surface area contributed by atoms with Crippen molar-refractivity contribution in [3.05, 3.63) is 42.7 Å². The topological polar surface area (TPSA) is 79.3 Å². The lowest BCUT2D eigenvalue weighted by Gasteiger charge is -2.45. The van der Waals surface area contributed by atoms with Gasteiger partial charge in [0, 0.05) is 25.5 Å². The molecule has 2 aromatic rings. The third kappa shape index (κ3) is 2.69. The van der Waals surface area contributed by atoms with Gasteiger partial charge in [-0.25, -0.2) is 0 Å². The Hall–Kier alpha value is -2.83. The van der Waals surface area contributed by atoms with Crippen LogP contribution in [0.4, 0.5) is 11.4 Å². The van der Waals surface area contributed by atoms with Crippen LogP contribution in [0.1, 0.15) is 25.7 Å². The Balaban J connectivity index is 1.28. The zero-order chi connectivity index (χ0) is 18.5. The van der Waals surface area contributed by atoms with Gasteiger partial charge in [-0.1, -0.05) is 12.1 Å². The van der Waals surface area contributed by atoms with Gasteiger partial charge in [-0.05, 0) is 43.9 Å². The summed E-state index contributed by atoms with van der Waals surface area (Å²) in [6.07, 6.45) is 6.73. The Bertz CT molecular complexity index is 880. The van der Waals surface area contributed by atoms with Gasteiger partial charge in [0.25, 0.3) is 0 Å². The molecule has 140 valence electrons. The van der Waals surface area contributed by atoms with Gasteiger partial charge in [0.2, 0.25) is 11.8 Å². The molecule has 3 aliphatic rings. The fourth-order valence-corrected chi connectivity index (χ4v) is 4.33. The molecule has 7 nitrogen and oxygen atoms in total. The van der Waals surface area contributed by atoms with Crippen LogP contribution in [0.15, 0.2) is 42.7 Å². The number of hydrogen-bond acceptors (Lipinski definition) is 4. The van der Waals surface area contributed by atoms with Gasteiger partial charge in [0.1, 0.15) is 5.54 Å². The van der Waals surface area contributed by atoms with Crippen LogP contribution in [0, 0.1) is 5.41 Å². The standard InChI is InChI=1S/C20H23N5O2/c26-17-20(23-16-5-2-1-4-15(16)22-17)8-12-24(13-9-20)18(27)19(6-7-19)14-25-11-3-10-21-25/h1-5,10-11,23H,6-9,12-14H2,(H,22,26). The van der Waals surface area contributed by atoms with Gasteiger partial charge in [-0.15, -0.1) is 0 Å². The molecule has 0 bridgehead atoms. The first-order valence-electron chi connectivity index (χ1n) is 9.56. The Morgan fingerprint density at radius 2 is 1.81 bits per heavy atom. The molecule has 2 fully saturated rings. The monoisotopic (exact) mass is 365 g/mol. The molecule has 1 spiro atoms. The second kappa shape index (κ2) is 5.84. The zero-order valence-electron chi connectivity index (χ0n) is 15.1. The van der Waals surface area contributed by atoms with Crippen molar-refractivity contribution in [1.29, 1.82) is 0 Å². The third-order valence-electron chi connectivity index (χ3n) is 6.22. The number of hydrogen-bond donors (Lipinski definition) is 2. The van der Waals surface area contributed by atoms with E-state index in [4.69, 9.17) is 0 Å². The highest BCUT2D eigenvalue weighted by atomic mass is 16.2. The smallest absolute Gasteiger partial charge is 0.250 e. The molecule has 0 atom stereocenters. The molecule has 1 aromatic carbocycles. The van der Waals surface area contributed by atoms with Crippen LogP contribution in [0.5, 0.6) is 0 Å². The van der Waals surface area contributed by atoms with Crippen LogP contribution in [0.3, 0.4) is 0 Å². The Morgan fingerprint density at radius 1 is 1.07 bits per heavy atom. The number of nitrogens with one attached hydrogen (secondary N) is 2. The molecule has 1 aliphatic carbocycles. The van der Waals surface area contributed by atoms with Crippen molar-refractivity contribution in [1.82, 2.24) is 14.7 Å². The number of nitrogens with zero attached hydrogens (tertiary/aromatic N) is 3. The molecular weight excluding hydrogens is 342 g/mol. The normalized spacial score (nSPS) is 21.9. The lowest BCUT2D eigenvalue weighted by atomic mass is 9.84. The van der Waals surface area contributed by atoms with Crippen LogP contribution >= 0.6 is 0 Å². The maximum absolute atomic E-state index is 13.1. The number of carbonyl (C=O) groups excluding carboxylic acids is 2. The average Bonchev–Trinajstić information content (AvgIpc) is 3.28. The van der Waals surface area contributed by atoms with Gasteiger partial charge in [-0.2, -0.15) is 5.10 Å². The summed E-state index contributed by atoms with van der Waals surface area (Å²) < 4.78 is 1.85. The second-order valence-corrected chi connectivity index (χ2v) is 7.98. The first-order chi connectivity index (χ1) is 13.1. The summed E-state index contributed by atoms with van der Waals surface area (Å²) in [5.74, 6) is 0.218. The number of likely N-dealkylation sites (tertiary alicyclic amines) is 1. The molecule has 2 amide bonds. The lowest BCUT2D eigenvalue weighted by molar-refractivity contribution is -0.140. The van der Waals surface area contributed by atoms with Crippen molar-refractivity contribution in [2.75, 3.05) is 23.7 Å². The van der Waals surface area contributed by atoms with E-state index in [1.54, 1.807) is 6.20 Å². The molecule has 7 heteroatoms. The van der Waals surface area contributed by atoms with Gasteiger partial charge >= 0.3 is 0 Å². The fourth-order valence-electron chi connectivity index (χ4n) is 4.33. The molecule has 1 aromatic heterocycles. The highest BCUT2D eigenvalue weighted by molar-refractivity contribution is 6.06. The maximum atomic E-state index is 13.1. The quantitative estimate of drug-likeness (QED) is 0.873. The minimum absolute atomic E-state index is 0.00553. The number of amides is 2. The van der Waals surface area contributed by atoms with E-state index in [1.807, 2.05) is 46.1 Å². The number of para-hydroxylation sites is 2. The summed E-state index contributed by atoms with van der Waals surface area (Å²) in [5.41, 5.74) is 0.854. The van der Waals surface area contributed by atoms with Gasteiger partial charge in [-0.3, -0.25) is 14.3 Å². The number of fused-ring (bicyclic) bond motifs is 1. The highest BCUT2D eigenvalue weighted by Gasteiger charge is 2.54. The van der Waals surface area contributed by atoms with E-state index in [-0.39, 0.29) is 17.2 Å². The molecule has 1 saturated heterocycles. The fraction of sp³-hybridized carbons (Fsp3) is 0.450. The summed E-state index contributed by atoms with van der Waals surface area (Å²) >= 11 is 0. The van der Waals surface area contributed by atoms with Crippen molar-refractivity contribution in [2.45, 2.75) is 37.8 Å². The van der Waals surface area contributed by atoms with E-state index in [0.29, 0.717) is 32.5 Å². The third-order valence-corrected chi connectivity index (χ3v) is 6.22. The molecule has 0 unspecified atom stereocenters. The van der Waals surface area contributed by atoms with Crippen molar-refractivity contribution in [3.8, 4) is 0 Å². The molecule has 3 heterocycles. The minimum atomic E-state index is -0.621. The van der Waals surface area contributed by atoms with Crippen molar-refractivity contribution < 1.29 is 9.59 Å². The molecule has 2 N–H and O–H groups in total. The Kier molecular flexibility index (Phi) is 3.54. The Labute approximate surface area is 157 Å². The average molecular weight is 365 g/mol. The van der Waals surface area contributed by atoms with Gasteiger partial charge in [0.05, 0.1) is 23.3 Å². The SMILES string of the molecule is O=C(N1CCC2(CC1)Nc1ccccc1NC2=O)C1(Cn2cccn2)CC1. The number of carbonyl (C=O) groups is 2. The van der Waals surface area contributed by atoms with Crippen LogP contribution in [0.2, 0.25) is 0 Å². The predicted octanol–water partition coefficient (Wildman–Crippen LogP) is 2.09. The molecular formula is C20H23N5O2. The van der Waals surface area contributed by atoms with E-state index >= 15 is 0 Å². The zero-order valence-corrected chi connectivity index (χ0v) is 15.1. The van der Waals surface area contributed by atoms with E-state index < -0.39 is 5.54 Å². The number of aromatic nitrogens is 2.